The Morgan fingerprint density at radius 1 is 1.24 bits per heavy atom. The van der Waals surface area contributed by atoms with E-state index in [4.69, 9.17) is 5.11 Å². The van der Waals surface area contributed by atoms with Gasteiger partial charge < -0.3 is 15.3 Å². The number of hydrogen-bond acceptors (Lipinski definition) is 5. The van der Waals surface area contributed by atoms with Crippen LogP contribution < -0.4 is 0 Å². The lowest BCUT2D eigenvalue weighted by Gasteiger charge is -2.21. The quantitative estimate of drug-likeness (QED) is 0.771. The van der Waals surface area contributed by atoms with Crippen molar-refractivity contribution in [3.05, 3.63) is 40.5 Å². The van der Waals surface area contributed by atoms with Crippen LogP contribution in [0.5, 0.6) is 5.75 Å². The molecule has 1 atom stereocenters. The van der Waals surface area contributed by atoms with Crippen LogP contribution in [0.1, 0.15) is 40.5 Å². The number of carboxylic acids is 1. The number of aliphatic hydroxyl groups excluding tert-OH is 1. The molecule has 0 saturated carbocycles. The van der Waals surface area contributed by atoms with Crippen LogP contribution in [0.2, 0.25) is 0 Å². The second-order valence-electron chi connectivity index (χ2n) is 4.92. The van der Waals surface area contributed by atoms with E-state index in [0.717, 1.165) is 0 Å². The topological polar surface area (TPSA) is 112 Å². The van der Waals surface area contributed by atoms with Crippen molar-refractivity contribution in [2.45, 2.75) is 25.9 Å². The van der Waals surface area contributed by atoms with Crippen LogP contribution in [0.3, 0.4) is 0 Å². The van der Waals surface area contributed by atoms with Crippen LogP contribution >= 0.6 is 0 Å². The summed E-state index contributed by atoms with van der Waals surface area (Å²) in [5.41, 5.74) is 0.241. The number of benzene rings is 1. The lowest BCUT2D eigenvalue weighted by atomic mass is 9.82. The molecule has 0 bridgehead atoms. The van der Waals surface area contributed by atoms with Crippen LogP contribution in [-0.4, -0.2) is 39.0 Å². The second-order valence-corrected chi connectivity index (χ2v) is 4.92. The predicted octanol–water partition coefficient (Wildman–Crippen LogP) is 1.31. The van der Waals surface area contributed by atoms with E-state index in [1.807, 2.05) is 0 Å². The van der Waals surface area contributed by atoms with Crippen molar-refractivity contribution in [2.24, 2.45) is 0 Å². The molecule has 2 rings (SSSR count). The largest absolute Gasteiger partial charge is 0.507 e. The minimum atomic E-state index is -1.25. The molecule has 0 saturated heterocycles. The number of carbonyl (C=O) groups excluding carboxylic acids is 2. The highest BCUT2D eigenvalue weighted by atomic mass is 16.4. The Bertz CT molecular complexity index is 671. The summed E-state index contributed by atoms with van der Waals surface area (Å²) < 4.78 is 0. The first-order valence-electron chi connectivity index (χ1n) is 6.34. The molecular formula is C15H14O6. The average molecular weight is 290 g/mol. The predicted molar refractivity (Wildman–Crippen MR) is 72.3 cm³/mol. The van der Waals surface area contributed by atoms with Gasteiger partial charge in [-0.1, -0.05) is 12.1 Å². The standard InChI is InChI=1S/C15H14O6/c1-7-10(5-8(16)6-12(18)19)15(21)9-3-2-4-11(17)13(9)14(7)20/h2-4,8,16-17H,5-6H2,1H3,(H,18,19)/t8-/m0/s1. The monoisotopic (exact) mass is 290 g/mol. The highest BCUT2D eigenvalue weighted by molar-refractivity contribution is 6.27. The Morgan fingerprint density at radius 3 is 2.52 bits per heavy atom. The van der Waals surface area contributed by atoms with Crippen molar-refractivity contribution in [1.29, 1.82) is 0 Å². The van der Waals surface area contributed by atoms with Gasteiger partial charge in [-0.15, -0.1) is 0 Å². The molecule has 0 radical (unpaired) electrons. The van der Waals surface area contributed by atoms with Gasteiger partial charge in [0.25, 0.3) is 0 Å². The molecule has 1 aliphatic rings. The van der Waals surface area contributed by atoms with Gasteiger partial charge in [-0.3, -0.25) is 14.4 Å². The third-order valence-electron chi connectivity index (χ3n) is 3.43. The summed E-state index contributed by atoms with van der Waals surface area (Å²) in [6.45, 7) is 1.43. The van der Waals surface area contributed by atoms with Gasteiger partial charge in [0.2, 0.25) is 0 Å². The minimum Gasteiger partial charge on any atom is -0.507 e. The fourth-order valence-electron chi connectivity index (χ4n) is 2.38. The van der Waals surface area contributed by atoms with E-state index >= 15 is 0 Å². The number of allylic oxidation sites excluding steroid dienone is 1. The molecule has 21 heavy (non-hydrogen) atoms. The van der Waals surface area contributed by atoms with Crippen LogP contribution in [0.4, 0.5) is 0 Å². The number of rotatable bonds is 4. The summed E-state index contributed by atoms with van der Waals surface area (Å²) in [6, 6.07) is 4.19. The number of hydrogen-bond donors (Lipinski definition) is 3. The zero-order chi connectivity index (χ0) is 15.7. The molecule has 6 heteroatoms. The fourth-order valence-corrected chi connectivity index (χ4v) is 2.38. The summed E-state index contributed by atoms with van der Waals surface area (Å²) in [6.07, 6.45) is -1.97. The lowest BCUT2D eigenvalue weighted by Crippen LogP contribution is -2.24. The second kappa shape index (κ2) is 5.49. The molecule has 1 aromatic rings. The maximum absolute atomic E-state index is 12.4. The maximum Gasteiger partial charge on any atom is 0.305 e. The van der Waals surface area contributed by atoms with Crippen LogP contribution in [-0.2, 0) is 4.79 Å². The Labute approximate surface area is 120 Å². The number of Topliss-reactive ketones (excluding diaryl/α,β-unsaturated/α-hetero) is 2. The van der Waals surface area contributed by atoms with Gasteiger partial charge in [0.1, 0.15) is 5.75 Å². The third-order valence-corrected chi connectivity index (χ3v) is 3.43. The van der Waals surface area contributed by atoms with Gasteiger partial charge in [-0.2, -0.15) is 0 Å². The Hall–Kier alpha value is -2.47. The number of phenolic OH excluding ortho intramolecular Hbond substituents is 1. The smallest absolute Gasteiger partial charge is 0.305 e. The van der Waals surface area contributed by atoms with Crippen molar-refractivity contribution in [2.75, 3.05) is 0 Å². The molecule has 1 aromatic carbocycles. The van der Waals surface area contributed by atoms with Crippen LogP contribution in [0.15, 0.2) is 29.3 Å². The van der Waals surface area contributed by atoms with Crippen molar-refractivity contribution < 1.29 is 29.7 Å². The number of aliphatic hydroxyl groups is 1. The van der Waals surface area contributed by atoms with E-state index in [1.165, 1.54) is 25.1 Å². The zero-order valence-electron chi connectivity index (χ0n) is 11.3. The first-order chi connectivity index (χ1) is 9.82. The molecule has 1 aliphatic carbocycles. The molecule has 0 aromatic heterocycles. The Balaban J connectivity index is 2.41. The number of aromatic hydroxyl groups is 1. The van der Waals surface area contributed by atoms with Gasteiger partial charge >= 0.3 is 5.97 Å². The molecule has 0 heterocycles. The third kappa shape index (κ3) is 2.71. The molecular weight excluding hydrogens is 276 g/mol. The summed E-state index contributed by atoms with van der Waals surface area (Å²) in [5.74, 6) is -2.41. The first-order valence-corrected chi connectivity index (χ1v) is 6.34. The number of carboxylic acid groups (broad SMARTS) is 1. The minimum absolute atomic E-state index is 0.0449. The van der Waals surface area contributed by atoms with Crippen molar-refractivity contribution >= 4 is 17.5 Å². The maximum atomic E-state index is 12.4. The number of fused-ring (bicyclic) bond motifs is 1. The van der Waals surface area contributed by atoms with Gasteiger partial charge in [-0.05, 0) is 13.0 Å². The molecule has 0 aliphatic heterocycles. The molecule has 3 N–H and O–H groups in total. The number of aliphatic carboxylic acids is 1. The van der Waals surface area contributed by atoms with E-state index in [2.05, 4.69) is 0 Å². The Kier molecular flexibility index (Phi) is 3.90. The molecule has 0 fully saturated rings. The van der Waals surface area contributed by atoms with E-state index in [9.17, 15) is 24.6 Å². The van der Waals surface area contributed by atoms with Gasteiger partial charge in [0.15, 0.2) is 11.6 Å². The van der Waals surface area contributed by atoms with Gasteiger partial charge in [-0.25, -0.2) is 0 Å². The average Bonchev–Trinajstić information content (AvgIpc) is 2.40. The van der Waals surface area contributed by atoms with E-state index < -0.39 is 30.1 Å². The van der Waals surface area contributed by atoms with Crippen LogP contribution in [0, 0.1) is 0 Å². The highest BCUT2D eigenvalue weighted by Gasteiger charge is 2.32. The van der Waals surface area contributed by atoms with E-state index in [1.54, 1.807) is 0 Å². The molecule has 0 unspecified atom stereocenters. The molecule has 0 amide bonds. The lowest BCUT2D eigenvalue weighted by molar-refractivity contribution is -0.139. The summed E-state index contributed by atoms with van der Waals surface area (Å²) >= 11 is 0. The zero-order valence-corrected chi connectivity index (χ0v) is 11.3. The van der Waals surface area contributed by atoms with Gasteiger partial charge in [0.05, 0.1) is 18.1 Å². The summed E-state index contributed by atoms with van der Waals surface area (Å²) in [5, 5.41) is 28.0. The molecule has 110 valence electrons. The van der Waals surface area contributed by atoms with Crippen molar-refractivity contribution in [3.63, 3.8) is 0 Å². The fraction of sp³-hybridized carbons (Fsp3) is 0.267. The number of ketones is 2. The summed E-state index contributed by atoms with van der Waals surface area (Å²) in [7, 11) is 0. The summed E-state index contributed by atoms with van der Waals surface area (Å²) in [4.78, 5) is 35.2. The molecule has 0 spiro atoms. The van der Waals surface area contributed by atoms with E-state index in [-0.39, 0.29) is 34.4 Å². The molecule has 6 nitrogen and oxygen atoms in total. The normalized spacial score (nSPS) is 15.9. The number of phenols is 1. The SMILES string of the molecule is CC1=C(C[C@H](O)CC(=O)O)C(=O)c2cccc(O)c2C1=O. The highest BCUT2D eigenvalue weighted by Crippen LogP contribution is 2.33. The van der Waals surface area contributed by atoms with Gasteiger partial charge in [0, 0.05) is 23.1 Å². The Morgan fingerprint density at radius 2 is 1.90 bits per heavy atom. The van der Waals surface area contributed by atoms with E-state index in [0.29, 0.717) is 0 Å². The first kappa shape index (κ1) is 14.9. The number of carbonyl (C=O) groups is 3. The van der Waals surface area contributed by atoms with Crippen LogP contribution in [0.25, 0.3) is 0 Å². The van der Waals surface area contributed by atoms with Crippen molar-refractivity contribution in [3.8, 4) is 5.75 Å². The van der Waals surface area contributed by atoms with Crippen molar-refractivity contribution in [1.82, 2.24) is 0 Å².